The number of hydrogen-bond donors (Lipinski definition) is 0. The van der Waals surface area contributed by atoms with Crippen molar-refractivity contribution in [2.75, 3.05) is 24.7 Å². The molecule has 0 bridgehead atoms. The van der Waals surface area contributed by atoms with E-state index in [2.05, 4.69) is 38.9 Å². The van der Waals surface area contributed by atoms with Crippen LogP contribution in [0.1, 0.15) is 47.0 Å². The summed E-state index contributed by atoms with van der Waals surface area (Å²) in [5, 5.41) is 9.36. The standard InChI is InChI=1S/C26H29N7O2/c1-16-10-24(34)33-25(29-16)17(2)18(3)26(30-33)31-7-4-23-20(14-31)11-19(12-27-23)21-13-28-32(15-21)22-5-8-35-9-6-22/h10-13,15,22H,4-9,14H2,1-3H3. The van der Waals surface area contributed by atoms with Crippen molar-refractivity contribution in [3.05, 3.63) is 69.2 Å². The Morgan fingerprint density at radius 2 is 1.86 bits per heavy atom. The maximum absolute atomic E-state index is 12.6. The minimum atomic E-state index is -0.153. The first kappa shape index (κ1) is 21.9. The third-order valence-electron chi connectivity index (χ3n) is 7.29. The van der Waals surface area contributed by atoms with Gasteiger partial charge in [-0.15, -0.1) is 5.10 Å². The molecule has 2 aliphatic rings. The van der Waals surface area contributed by atoms with Crippen LogP contribution < -0.4 is 10.5 Å². The summed E-state index contributed by atoms with van der Waals surface area (Å²) >= 11 is 0. The first-order chi connectivity index (χ1) is 17.0. The van der Waals surface area contributed by atoms with Crippen molar-refractivity contribution in [2.45, 2.75) is 52.6 Å². The van der Waals surface area contributed by atoms with Gasteiger partial charge in [0.2, 0.25) is 0 Å². The molecule has 1 saturated heterocycles. The average Bonchev–Trinajstić information content (AvgIpc) is 3.37. The van der Waals surface area contributed by atoms with Crippen LogP contribution in [0.4, 0.5) is 5.82 Å². The lowest BCUT2D eigenvalue weighted by atomic mass is 10.0. The Morgan fingerprint density at radius 1 is 1.03 bits per heavy atom. The molecule has 4 aromatic heterocycles. The summed E-state index contributed by atoms with van der Waals surface area (Å²) in [5.74, 6) is 0.825. The van der Waals surface area contributed by atoms with Gasteiger partial charge in [-0.1, -0.05) is 0 Å². The monoisotopic (exact) mass is 471 g/mol. The van der Waals surface area contributed by atoms with E-state index < -0.39 is 0 Å². The number of rotatable bonds is 3. The normalized spacial score (nSPS) is 16.6. The highest BCUT2D eigenvalue weighted by Gasteiger charge is 2.23. The van der Waals surface area contributed by atoms with Crippen molar-refractivity contribution in [3.8, 4) is 11.1 Å². The van der Waals surface area contributed by atoms with E-state index in [0.29, 0.717) is 23.9 Å². The predicted octanol–water partition coefficient (Wildman–Crippen LogP) is 3.19. The highest BCUT2D eigenvalue weighted by molar-refractivity contribution is 5.64. The highest BCUT2D eigenvalue weighted by Crippen LogP contribution is 2.30. The van der Waals surface area contributed by atoms with Gasteiger partial charge in [0.05, 0.1) is 12.2 Å². The van der Waals surface area contributed by atoms with E-state index >= 15 is 0 Å². The van der Waals surface area contributed by atoms with Gasteiger partial charge in [0.1, 0.15) is 0 Å². The van der Waals surface area contributed by atoms with E-state index in [1.807, 2.05) is 26.2 Å². The van der Waals surface area contributed by atoms with Crippen molar-refractivity contribution in [3.63, 3.8) is 0 Å². The fourth-order valence-electron chi connectivity index (χ4n) is 5.14. The largest absolute Gasteiger partial charge is 0.381 e. The van der Waals surface area contributed by atoms with Gasteiger partial charge in [-0.2, -0.15) is 9.61 Å². The molecule has 1 fully saturated rings. The molecular formula is C26H29N7O2. The van der Waals surface area contributed by atoms with Crippen LogP contribution in [0.5, 0.6) is 0 Å². The summed E-state index contributed by atoms with van der Waals surface area (Å²) in [4.78, 5) is 24.2. The van der Waals surface area contributed by atoms with Crippen molar-refractivity contribution in [1.82, 2.24) is 29.4 Å². The van der Waals surface area contributed by atoms with Gasteiger partial charge in [0, 0.05) is 84.8 Å². The summed E-state index contributed by atoms with van der Waals surface area (Å²) < 4.78 is 8.99. The maximum Gasteiger partial charge on any atom is 0.274 e. The lowest BCUT2D eigenvalue weighted by molar-refractivity contribution is 0.0662. The number of aromatic nitrogens is 6. The second kappa shape index (κ2) is 8.57. The molecule has 0 amide bonds. The van der Waals surface area contributed by atoms with Gasteiger partial charge in [0.15, 0.2) is 11.5 Å². The Kier molecular flexibility index (Phi) is 5.36. The average molecular weight is 472 g/mol. The fourth-order valence-corrected chi connectivity index (χ4v) is 5.14. The van der Waals surface area contributed by atoms with E-state index in [-0.39, 0.29) is 5.56 Å². The van der Waals surface area contributed by atoms with Gasteiger partial charge < -0.3 is 9.64 Å². The zero-order valence-electron chi connectivity index (χ0n) is 20.4. The molecule has 2 aliphatic heterocycles. The van der Waals surface area contributed by atoms with Gasteiger partial charge in [-0.3, -0.25) is 14.5 Å². The van der Waals surface area contributed by atoms with Crippen LogP contribution in [0, 0.1) is 20.8 Å². The van der Waals surface area contributed by atoms with Crippen LogP contribution in [-0.4, -0.2) is 49.1 Å². The summed E-state index contributed by atoms with van der Waals surface area (Å²) in [6, 6.07) is 4.14. The number of aryl methyl sites for hydroxylation is 2. The molecular weight excluding hydrogens is 442 g/mol. The smallest absolute Gasteiger partial charge is 0.274 e. The summed E-state index contributed by atoms with van der Waals surface area (Å²) in [5.41, 5.74) is 7.65. The Hall–Kier alpha value is -3.59. The van der Waals surface area contributed by atoms with Gasteiger partial charge in [0.25, 0.3) is 5.56 Å². The van der Waals surface area contributed by atoms with Crippen molar-refractivity contribution in [1.29, 1.82) is 0 Å². The molecule has 180 valence electrons. The zero-order valence-corrected chi connectivity index (χ0v) is 20.4. The third kappa shape index (κ3) is 3.89. The lowest BCUT2D eigenvalue weighted by Crippen LogP contribution is -2.34. The third-order valence-corrected chi connectivity index (χ3v) is 7.29. The second-order valence-corrected chi connectivity index (χ2v) is 9.60. The number of anilines is 1. The Bertz CT molecular complexity index is 1480. The number of nitrogens with zero attached hydrogens (tertiary/aromatic N) is 7. The molecule has 35 heavy (non-hydrogen) atoms. The van der Waals surface area contributed by atoms with E-state index in [9.17, 15) is 4.79 Å². The minimum absolute atomic E-state index is 0.153. The quantitative estimate of drug-likeness (QED) is 0.453. The molecule has 6 heterocycles. The fraction of sp³-hybridized carbons (Fsp3) is 0.423. The van der Waals surface area contributed by atoms with Crippen LogP contribution >= 0.6 is 0 Å². The molecule has 0 N–H and O–H groups in total. The Morgan fingerprint density at radius 3 is 2.69 bits per heavy atom. The SMILES string of the molecule is Cc1cc(=O)n2nc(N3CCc4ncc(-c5cnn(C6CCOCC6)c5)cc4C3)c(C)c(C)c2n1. The van der Waals surface area contributed by atoms with Crippen molar-refractivity contribution < 1.29 is 4.74 Å². The number of pyridine rings is 1. The Labute approximate surface area is 203 Å². The molecule has 0 aliphatic carbocycles. The number of ether oxygens (including phenoxy) is 1. The molecule has 4 aromatic rings. The Balaban J connectivity index is 1.32. The van der Waals surface area contributed by atoms with E-state index in [0.717, 1.165) is 72.8 Å². The van der Waals surface area contributed by atoms with E-state index in [1.54, 1.807) is 0 Å². The minimum Gasteiger partial charge on any atom is -0.381 e. The first-order valence-electron chi connectivity index (χ1n) is 12.2. The molecule has 0 atom stereocenters. The van der Waals surface area contributed by atoms with Gasteiger partial charge in [-0.25, -0.2) is 4.98 Å². The predicted molar refractivity (Wildman–Crippen MR) is 133 cm³/mol. The summed E-state index contributed by atoms with van der Waals surface area (Å²) in [6.07, 6.45) is 8.83. The topological polar surface area (TPSA) is 90.4 Å². The summed E-state index contributed by atoms with van der Waals surface area (Å²) in [6.45, 7) is 8.98. The van der Waals surface area contributed by atoms with Crippen LogP contribution in [0.25, 0.3) is 16.8 Å². The van der Waals surface area contributed by atoms with Gasteiger partial charge in [-0.05, 0) is 45.2 Å². The number of hydrogen-bond acceptors (Lipinski definition) is 7. The maximum atomic E-state index is 12.6. The van der Waals surface area contributed by atoms with Crippen LogP contribution in [0.15, 0.2) is 35.5 Å². The molecule has 0 aromatic carbocycles. The molecule has 9 heteroatoms. The molecule has 9 nitrogen and oxygen atoms in total. The first-order valence-corrected chi connectivity index (χ1v) is 12.2. The van der Waals surface area contributed by atoms with Crippen LogP contribution in [0.2, 0.25) is 0 Å². The molecule has 0 radical (unpaired) electrons. The molecule has 0 saturated carbocycles. The number of fused-ring (bicyclic) bond motifs is 2. The summed E-state index contributed by atoms with van der Waals surface area (Å²) in [7, 11) is 0. The second-order valence-electron chi connectivity index (χ2n) is 9.60. The van der Waals surface area contributed by atoms with Gasteiger partial charge >= 0.3 is 0 Å². The van der Waals surface area contributed by atoms with Crippen LogP contribution in [0.3, 0.4) is 0 Å². The van der Waals surface area contributed by atoms with Crippen molar-refractivity contribution >= 4 is 11.5 Å². The van der Waals surface area contributed by atoms with Crippen LogP contribution in [-0.2, 0) is 17.7 Å². The molecule has 6 rings (SSSR count). The van der Waals surface area contributed by atoms with E-state index in [1.165, 1.54) is 16.1 Å². The molecule has 0 spiro atoms. The molecule has 0 unspecified atom stereocenters. The highest BCUT2D eigenvalue weighted by atomic mass is 16.5. The lowest BCUT2D eigenvalue weighted by Gasteiger charge is -2.31. The zero-order chi connectivity index (χ0) is 24.1. The van der Waals surface area contributed by atoms with E-state index in [4.69, 9.17) is 14.8 Å². The van der Waals surface area contributed by atoms with Crippen molar-refractivity contribution in [2.24, 2.45) is 0 Å².